The summed E-state index contributed by atoms with van der Waals surface area (Å²) in [6.07, 6.45) is -3.61. The van der Waals surface area contributed by atoms with E-state index in [4.69, 9.17) is 22.6 Å². The Bertz CT molecular complexity index is 654. The van der Waals surface area contributed by atoms with E-state index in [0.717, 1.165) is 6.07 Å². The molecule has 3 N–H and O–H groups in total. The van der Waals surface area contributed by atoms with Crippen LogP contribution in [0.2, 0.25) is 5.02 Å². The molecule has 2 rings (SSSR count). The molecule has 1 aromatic rings. The number of nitrogens with zero attached hydrogens (tertiary/aromatic N) is 1. The molecule has 1 atom stereocenters. The Hall–Kier alpha value is -1.98. The molecule has 0 radical (unpaired) electrons. The van der Waals surface area contributed by atoms with Crippen molar-refractivity contribution < 1.29 is 22.7 Å². The Morgan fingerprint density at radius 2 is 2.17 bits per heavy atom. The normalized spacial score (nSPS) is 17.0. The number of rotatable bonds is 5. The number of nitriles is 1. The van der Waals surface area contributed by atoms with E-state index in [0.29, 0.717) is 18.4 Å². The lowest BCUT2D eigenvalue weighted by Crippen LogP contribution is -2.47. The van der Waals surface area contributed by atoms with E-state index in [1.165, 1.54) is 12.1 Å². The van der Waals surface area contributed by atoms with Gasteiger partial charge in [-0.05, 0) is 37.0 Å². The number of alkyl halides is 3. The highest BCUT2D eigenvalue weighted by Gasteiger charge is 2.45. The molecule has 0 aromatic heterocycles. The fourth-order valence-corrected chi connectivity index (χ4v) is 2.19. The summed E-state index contributed by atoms with van der Waals surface area (Å²) in [4.78, 5) is 11.9. The quantitative estimate of drug-likeness (QED) is 0.855. The van der Waals surface area contributed by atoms with Gasteiger partial charge in [0.25, 0.3) is 0 Å². The molecule has 1 amide bonds. The first-order valence-corrected chi connectivity index (χ1v) is 7.05. The Balaban J connectivity index is 1.98. The van der Waals surface area contributed by atoms with Crippen LogP contribution >= 0.6 is 11.6 Å². The number of hydrogen-bond donors (Lipinski definition) is 2. The van der Waals surface area contributed by atoms with Gasteiger partial charge in [-0.15, -0.1) is 13.2 Å². The second kappa shape index (κ2) is 6.26. The highest BCUT2D eigenvalue weighted by Crippen LogP contribution is 2.34. The summed E-state index contributed by atoms with van der Waals surface area (Å²) < 4.78 is 40.2. The van der Waals surface area contributed by atoms with Crippen molar-refractivity contribution in [2.24, 2.45) is 5.73 Å². The van der Waals surface area contributed by atoms with Crippen LogP contribution < -0.4 is 15.8 Å². The van der Waals surface area contributed by atoms with Crippen LogP contribution in [-0.4, -0.2) is 23.9 Å². The zero-order valence-corrected chi connectivity index (χ0v) is 12.5. The maximum absolute atomic E-state index is 12.2. The number of hydrogen-bond acceptors (Lipinski definition) is 4. The highest BCUT2D eigenvalue weighted by molar-refractivity contribution is 6.32. The van der Waals surface area contributed by atoms with Gasteiger partial charge in [0.15, 0.2) is 0 Å². The number of carbonyl (C=O) groups is 1. The van der Waals surface area contributed by atoms with Gasteiger partial charge in [-0.2, -0.15) is 5.26 Å². The molecule has 1 fully saturated rings. The van der Waals surface area contributed by atoms with Gasteiger partial charge in [-0.3, -0.25) is 4.79 Å². The molecule has 9 heteroatoms. The largest absolute Gasteiger partial charge is 0.573 e. The summed E-state index contributed by atoms with van der Waals surface area (Å²) in [5.74, 6) is -1.02. The molecule has 1 aliphatic carbocycles. The third kappa shape index (κ3) is 4.74. The number of benzene rings is 1. The first-order valence-electron chi connectivity index (χ1n) is 6.67. The average Bonchev–Trinajstić information content (AvgIpc) is 3.21. The van der Waals surface area contributed by atoms with Gasteiger partial charge >= 0.3 is 6.36 Å². The van der Waals surface area contributed by atoms with Crippen molar-refractivity contribution in [3.8, 4) is 11.8 Å². The van der Waals surface area contributed by atoms with E-state index >= 15 is 0 Å². The maximum Gasteiger partial charge on any atom is 0.573 e. The minimum absolute atomic E-state index is 0.0688. The molecule has 5 nitrogen and oxygen atoms in total. The minimum Gasteiger partial charge on any atom is -0.404 e. The van der Waals surface area contributed by atoms with Crippen molar-refractivity contribution in [3.05, 3.63) is 28.8 Å². The summed E-state index contributed by atoms with van der Waals surface area (Å²) >= 11 is 5.73. The summed E-state index contributed by atoms with van der Waals surface area (Å²) in [5.41, 5.74) is 5.41. The van der Waals surface area contributed by atoms with Gasteiger partial charge in [0, 0.05) is 0 Å². The van der Waals surface area contributed by atoms with Crippen LogP contribution in [0.25, 0.3) is 0 Å². The summed E-state index contributed by atoms with van der Waals surface area (Å²) in [6, 6.07) is 4.73. The monoisotopic (exact) mass is 347 g/mol. The van der Waals surface area contributed by atoms with Crippen LogP contribution in [0, 0.1) is 11.3 Å². The molecule has 0 heterocycles. The number of halogens is 4. The zero-order valence-electron chi connectivity index (χ0n) is 11.8. The Labute approximate surface area is 135 Å². The Morgan fingerprint density at radius 3 is 2.65 bits per heavy atom. The molecule has 1 aliphatic rings. The molecule has 0 spiro atoms. The van der Waals surface area contributed by atoms with E-state index in [9.17, 15) is 18.0 Å². The standard InChI is InChI=1S/C14H13ClF3N3O2/c15-9-5-8(1-2-11(9)23-14(16,17)18)6-10(20)12(22)21-13(7-19)3-4-13/h1-2,5,10H,3-4,6,20H2,(H,21,22). The molecule has 0 bridgehead atoms. The lowest BCUT2D eigenvalue weighted by molar-refractivity contribution is -0.274. The van der Waals surface area contributed by atoms with Gasteiger partial charge in [0.2, 0.25) is 5.91 Å². The van der Waals surface area contributed by atoms with Crippen LogP contribution in [0.1, 0.15) is 18.4 Å². The molecular weight excluding hydrogens is 335 g/mol. The second-order valence-electron chi connectivity index (χ2n) is 5.31. The Kier molecular flexibility index (Phi) is 4.73. The summed E-state index contributed by atoms with van der Waals surface area (Å²) in [6.45, 7) is 0. The Morgan fingerprint density at radius 1 is 1.52 bits per heavy atom. The van der Waals surface area contributed by atoms with Crippen molar-refractivity contribution in [3.63, 3.8) is 0 Å². The SMILES string of the molecule is N#CC1(NC(=O)C(N)Cc2ccc(OC(F)(F)F)c(Cl)c2)CC1. The van der Waals surface area contributed by atoms with Crippen LogP contribution in [0.15, 0.2) is 18.2 Å². The van der Waals surface area contributed by atoms with E-state index in [1.54, 1.807) is 0 Å². The fourth-order valence-electron chi connectivity index (χ4n) is 1.94. The van der Waals surface area contributed by atoms with Gasteiger partial charge in [-0.1, -0.05) is 17.7 Å². The maximum atomic E-state index is 12.2. The van der Waals surface area contributed by atoms with Crippen LogP contribution in [-0.2, 0) is 11.2 Å². The lowest BCUT2D eigenvalue weighted by Gasteiger charge is -2.16. The number of amides is 1. The van der Waals surface area contributed by atoms with Crippen molar-refractivity contribution >= 4 is 17.5 Å². The van der Waals surface area contributed by atoms with Gasteiger partial charge in [0.05, 0.1) is 17.1 Å². The fraction of sp³-hybridized carbons (Fsp3) is 0.429. The van der Waals surface area contributed by atoms with Crippen molar-refractivity contribution in [2.75, 3.05) is 0 Å². The van der Waals surface area contributed by atoms with Crippen LogP contribution in [0.3, 0.4) is 0 Å². The zero-order chi connectivity index (χ0) is 17.3. The molecule has 0 aliphatic heterocycles. The summed E-state index contributed by atoms with van der Waals surface area (Å²) in [7, 11) is 0. The van der Waals surface area contributed by atoms with E-state index in [-0.39, 0.29) is 11.4 Å². The number of carbonyl (C=O) groups excluding carboxylic acids is 1. The lowest BCUT2D eigenvalue weighted by atomic mass is 10.1. The molecular formula is C14H13ClF3N3O2. The predicted octanol–water partition coefficient (Wildman–Crippen LogP) is 2.28. The van der Waals surface area contributed by atoms with E-state index < -0.39 is 29.6 Å². The highest BCUT2D eigenvalue weighted by atomic mass is 35.5. The summed E-state index contributed by atoms with van der Waals surface area (Å²) in [5, 5.41) is 11.2. The molecule has 1 aromatic carbocycles. The van der Waals surface area contributed by atoms with Gasteiger partial charge in [0.1, 0.15) is 11.3 Å². The predicted molar refractivity (Wildman–Crippen MR) is 75.5 cm³/mol. The average molecular weight is 348 g/mol. The third-order valence-electron chi connectivity index (χ3n) is 3.34. The van der Waals surface area contributed by atoms with Gasteiger partial charge in [-0.25, -0.2) is 0 Å². The van der Waals surface area contributed by atoms with Crippen molar-refractivity contribution in [1.82, 2.24) is 5.32 Å². The topological polar surface area (TPSA) is 88.1 Å². The first kappa shape index (κ1) is 17.4. The molecule has 23 heavy (non-hydrogen) atoms. The minimum atomic E-state index is -4.84. The molecule has 1 unspecified atom stereocenters. The van der Waals surface area contributed by atoms with Crippen molar-refractivity contribution in [1.29, 1.82) is 5.26 Å². The molecule has 1 saturated carbocycles. The molecule has 0 saturated heterocycles. The first-order chi connectivity index (χ1) is 10.6. The third-order valence-corrected chi connectivity index (χ3v) is 3.64. The van der Waals surface area contributed by atoms with Crippen LogP contribution in [0.5, 0.6) is 5.75 Å². The molecule has 124 valence electrons. The second-order valence-corrected chi connectivity index (χ2v) is 5.71. The number of ether oxygens (including phenoxy) is 1. The van der Waals surface area contributed by atoms with Crippen molar-refractivity contribution in [2.45, 2.75) is 37.2 Å². The number of nitrogens with two attached hydrogens (primary N) is 1. The van der Waals surface area contributed by atoms with E-state index in [2.05, 4.69) is 10.1 Å². The van der Waals surface area contributed by atoms with E-state index in [1.807, 2.05) is 6.07 Å². The number of nitrogens with one attached hydrogen (secondary N) is 1. The van der Waals surface area contributed by atoms with Crippen LogP contribution in [0.4, 0.5) is 13.2 Å². The smallest absolute Gasteiger partial charge is 0.404 e. The van der Waals surface area contributed by atoms with Gasteiger partial charge < -0.3 is 15.8 Å².